The van der Waals surface area contributed by atoms with Crippen LogP contribution in [0.3, 0.4) is 0 Å². The molecule has 0 saturated heterocycles. The molecule has 0 radical (unpaired) electrons. The summed E-state index contributed by atoms with van der Waals surface area (Å²) in [6, 6.07) is 10.0. The van der Waals surface area contributed by atoms with Gasteiger partial charge in [0.05, 0.1) is 12.2 Å². The van der Waals surface area contributed by atoms with Gasteiger partial charge >= 0.3 is 5.97 Å². The molecule has 30 heavy (non-hydrogen) atoms. The molecule has 1 aliphatic rings. The summed E-state index contributed by atoms with van der Waals surface area (Å²) in [5.74, 6) is -0.0817. The van der Waals surface area contributed by atoms with Crippen LogP contribution < -0.4 is 4.74 Å². The number of carboxylic acid groups (broad SMARTS) is 1. The third kappa shape index (κ3) is 3.90. The lowest BCUT2D eigenvalue weighted by Crippen LogP contribution is -2.34. The third-order valence-corrected chi connectivity index (χ3v) is 6.45. The minimum atomic E-state index is -0.998. The van der Waals surface area contributed by atoms with Crippen LogP contribution in [0.2, 0.25) is 0 Å². The largest absolute Gasteiger partial charge is 0.493 e. The van der Waals surface area contributed by atoms with Gasteiger partial charge in [-0.05, 0) is 70.9 Å². The number of rotatable bonds is 6. The third-order valence-electron chi connectivity index (χ3n) is 6.45. The maximum atomic E-state index is 11.5. The average molecular weight is 407 g/mol. The van der Waals surface area contributed by atoms with Crippen molar-refractivity contribution in [1.82, 2.24) is 0 Å². The van der Waals surface area contributed by atoms with Crippen LogP contribution in [0.5, 0.6) is 5.75 Å². The predicted molar refractivity (Wildman–Crippen MR) is 124 cm³/mol. The summed E-state index contributed by atoms with van der Waals surface area (Å²) in [6.07, 6.45) is 3.16. The highest BCUT2D eigenvalue weighted by atomic mass is 16.5. The molecule has 0 saturated carbocycles. The Hall–Kier alpha value is -2.55. The minimum absolute atomic E-state index is 0.00196. The minimum Gasteiger partial charge on any atom is -0.493 e. The quantitative estimate of drug-likeness (QED) is 0.531. The van der Waals surface area contributed by atoms with Crippen molar-refractivity contribution in [1.29, 1.82) is 0 Å². The number of hydrogen-bond acceptors (Lipinski definition) is 2. The highest BCUT2D eigenvalue weighted by Gasteiger charge is 2.40. The van der Waals surface area contributed by atoms with Crippen LogP contribution in [0, 0.1) is 6.92 Å². The van der Waals surface area contributed by atoms with E-state index in [-0.39, 0.29) is 16.4 Å². The van der Waals surface area contributed by atoms with Gasteiger partial charge in [0.25, 0.3) is 0 Å². The molecule has 0 bridgehead atoms. The maximum Gasteiger partial charge on any atom is 0.335 e. The van der Waals surface area contributed by atoms with Gasteiger partial charge in [-0.2, -0.15) is 0 Å². The van der Waals surface area contributed by atoms with E-state index in [9.17, 15) is 9.90 Å². The van der Waals surface area contributed by atoms with E-state index in [0.29, 0.717) is 12.2 Å². The van der Waals surface area contributed by atoms with Crippen LogP contribution in [-0.2, 0) is 15.6 Å². The first-order chi connectivity index (χ1) is 14.0. The zero-order chi connectivity index (χ0) is 22.3. The molecule has 0 atom stereocenters. The summed E-state index contributed by atoms with van der Waals surface area (Å²) >= 11 is 0. The molecule has 3 nitrogen and oxygen atoms in total. The number of ether oxygens (including phenoxy) is 1. The van der Waals surface area contributed by atoms with E-state index < -0.39 is 5.97 Å². The van der Waals surface area contributed by atoms with Gasteiger partial charge in [-0.25, -0.2) is 4.79 Å². The van der Waals surface area contributed by atoms with Crippen molar-refractivity contribution in [3.8, 4) is 16.9 Å². The van der Waals surface area contributed by atoms with Crippen molar-refractivity contribution in [2.75, 3.05) is 6.61 Å². The van der Waals surface area contributed by atoms with Crippen molar-refractivity contribution >= 4 is 11.5 Å². The molecule has 2 aromatic carbocycles. The zero-order valence-corrected chi connectivity index (χ0v) is 19.2. The molecule has 160 valence electrons. The molecule has 3 rings (SSSR count). The number of aliphatic carboxylic acids is 1. The Morgan fingerprint density at radius 2 is 1.80 bits per heavy atom. The summed E-state index contributed by atoms with van der Waals surface area (Å²) in [6.45, 7) is 17.9. The van der Waals surface area contributed by atoms with Crippen LogP contribution in [0.25, 0.3) is 16.7 Å². The molecule has 0 aliphatic heterocycles. The molecular formula is C27H34O3. The first-order valence-corrected chi connectivity index (χ1v) is 10.8. The molecule has 0 heterocycles. The van der Waals surface area contributed by atoms with Crippen LogP contribution >= 0.6 is 0 Å². The highest BCUT2D eigenvalue weighted by molar-refractivity contribution is 6.14. The Balaban J connectivity index is 2.37. The van der Waals surface area contributed by atoms with Crippen LogP contribution in [0.4, 0.5) is 0 Å². The van der Waals surface area contributed by atoms with Gasteiger partial charge in [-0.3, -0.25) is 0 Å². The van der Waals surface area contributed by atoms with Gasteiger partial charge in [-0.1, -0.05) is 65.5 Å². The number of carbonyl (C=O) groups is 1. The van der Waals surface area contributed by atoms with E-state index in [1.807, 2.05) is 18.2 Å². The molecule has 0 spiro atoms. The molecule has 2 aromatic rings. The Kier molecular flexibility index (Phi) is 5.86. The van der Waals surface area contributed by atoms with Crippen LogP contribution in [-0.4, -0.2) is 17.7 Å². The highest BCUT2D eigenvalue weighted by Crippen LogP contribution is 2.53. The van der Waals surface area contributed by atoms with Gasteiger partial charge in [0.2, 0.25) is 0 Å². The first kappa shape index (κ1) is 22.1. The maximum absolute atomic E-state index is 11.5. The molecule has 0 fully saturated rings. The normalized spacial score (nSPS) is 16.6. The van der Waals surface area contributed by atoms with Gasteiger partial charge in [0, 0.05) is 5.56 Å². The molecule has 0 aromatic heterocycles. The Bertz CT molecular complexity index is 995. The van der Waals surface area contributed by atoms with E-state index >= 15 is 0 Å². The number of fused-ring (bicyclic) bond motifs is 1. The second kappa shape index (κ2) is 7.94. The summed E-state index contributed by atoms with van der Waals surface area (Å²) in [4.78, 5) is 11.5. The van der Waals surface area contributed by atoms with Crippen molar-refractivity contribution in [2.45, 2.75) is 71.6 Å². The summed E-state index contributed by atoms with van der Waals surface area (Å²) in [7, 11) is 0. The van der Waals surface area contributed by atoms with Crippen LogP contribution in [0.1, 0.15) is 76.1 Å². The number of aryl methyl sites for hydroxylation is 1. The molecular weight excluding hydrogens is 372 g/mol. The molecule has 0 unspecified atom stereocenters. The fraction of sp³-hybridized carbons (Fsp3) is 0.444. The summed E-state index contributed by atoms with van der Waals surface area (Å²) < 4.78 is 6.31. The molecule has 1 N–H and O–H groups in total. The van der Waals surface area contributed by atoms with Crippen molar-refractivity contribution in [3.63, 3.8) is 0 Å². The fourth-order valence-corrected chi connectivity index (χ4v) is 4.57. The monoisotopic (exact) mass is 406 g/mol. The molecule has 0 amide bonds. The molecule has 1 aliphatic carbocycles. The summed E-state index contributed by atoms with van der Waals surface area (Å²) in [5, 5.41) is 9.43. The summed E-state index contributed by atoms with van der Waals surface area (Å²) in [5.41, 5.74) is 6.74. The Morgan fingerprint density at radius 3 is 2.43 bits per heavy atom. The van der Waals surface area contributed by atoms with E-state index in [1.54, 1.807) is 0 Å². The van der Waals surface area contributed by atoms with Gasteiger partial charge in [0.1, 0.15) is 5.75 Å². The second-order valence-electron chi connectivity index (χ2n) is 9.80. The van der Waals surface area contributed by atoms with Gasteiger partial charge in [-0.15, -0.1) is 0 Å². The predicted octanol–water partition coefficient (Wildman–Crippen LogP) is 6.90. The average Bonchev–Trinajstić information content (AvgIpc) is 2.69. The van der Waals surface area contributed by atoms with E-state index in [2.05, 4.69) is 60.3 Å². The second-order valence-corrected chi connectivity index (χ2v) is 9.80. The van der Waals surface area contributed by atoms with Gasteiger partial charge < -0.3 is 9.84 Å². The van der Waals surface area contributed by atoms with Crippen molar-refractivity contribution < 1.29 is 14.6 Å². The first-order valence-electron chi connectivity index (χ1n) is 10.8. The topological polar surface area (TPSA) is 46.5 Å². The standard InChI is InChI=1S/C27H34O3/c1-8-14-30-24-17(2)15-21-23(27(6,7)13-12-26(21,4)5)22(24)20-11-9-10-19(16-20)18(3)25(28)29/h9-11,15-16H,3,8,12-14H2,1-2,4-7H3,(H,28,29). The van der Waals surface area contributed by atoms with Crippen molar-refractivity contribution in [2.24, 2.45) is 0 Å². The van der Waals surface area contributed by atoms with E-state index in [0.717, 1.165) is 41.7 Å². The lowest BCUT2D eigenvalue weighted by molar-refractivity contribution is -0.130. The Morgan fingerprint density at radius 1 is 1.13 bits per heavy atom. The van der Waals surface area contributed by atoms with Crippen LogP contribution in [0.15, 0.2) is 36.9 Å². The number of benzene rings is 2. The van der Waals surface area contributed by atoms with E-state index in [4.69, 9.17) is 4.74 Å². The van der Waals surface area contributed by atoms with E-state index in [1.165, 1.54) is 11.1 Å². The zero-order valence-electron chi connectivity index (χ0n) is 19.2. The Labute approximate surface area is 180 Å². The van der Waals surface area contributed by atoms with Gasteiger partial charge in [0.15, 0.2) is 0 Å². The van der Waals surface area contributed by atoms with Crippen molar-refractivity contribution in [3.05, 3.63) is 59.2 Å². The number of carboxylic acids is 1. The SMILES string of the molecule is C=C(C(=O)O)c1cccc(-c2c(OCCC)c(C)cc3c2C(C)(C)CCC3(C)C)c1. The fourth-order valence-electron chi connectivity index (χ4n) is 4.57. The molecule has 3 heteroatoms. The number of hydrogen-bond donors (Lipinski definition) is 1. The smallest absolute Gasteiger partial charge is 0.335 e. The lowest BCUT2D eigenvalue weighted by Gasteiger charge is -2.44. The lowest BCUT2D eigenvalue weighted by atomic mass is 9.61.